The average Bonchev–Trinajstić information content (AvgIpc) is 2.38. The van der Waals surface area contributed by atoms with Gasteiger partial charge in [0.1, 0.15) is 0 Å². The van der Waals surface area contributed by atoms with Gasteiger partial charge in [0.15, 0.2) is 12.1 Å². The summed E-state index contributed by atoms with van der Waals surface area (Å²) in [5.41, 5.74) is 1.43. The quantitative estimate of drug-likeness (QED) is 0.589. The highest BCUT2D eigenvalue weighted by Crippen LogP contribution is 2.20. The highest BCUT2D eigenvalue weighted by atomic mass is 16.5. The molecular weight excluding hydrogens is 218 g/mol. The molecule has 0 aliphatic rings. The summed E-state index contributed by atoms with van der Waals surface area (Å²) in [5.74, 6) is 0.0330. The summed E-state index contributed by atoms with van der Waals surface area (Å²) in [6, 6.07) is 9.15. The molecule has 4 heteroatoms. The molecular formula is C13H11NO3. The van der Waals surface area contributed by atoms with Crippen LogP contribution in [0.5, 0.6) is 5.88 Å². The zero-order valence-corrected chi connectivity index (χ0v) is 9.34. The second-order valence-corrected chi connectivity index (χ2v) is 3.60. The molecule has 0 atom stereocenters. The van der Waals surface area contributed by atoms with Crippen LogP contribution in [0.1, 0.15) is 5.56 Å². The van der Waals surface area contributed by atoms with Crippen LogP contribution in [0.3, 0.4) is 0 Å². The van der Waals surface area contributed by atoms with Crippen LogP contribution in [0, 0.1) is 0 Å². The second-order valence-electron chi connectivity index (χ2n) is 3.60. The molecule has 0 saturated carbocycles. The Kier molecular flexibility index (Phi) is 3.14. The first-order chi connectivity index (χ1) is 8.24. The van der Waals surface area contributed by atoms with E-state index >= 15 is 0 Å². The molecule has 0 N–H and O–H groups in total. The van der Waals surface area contributed by atoms with Crippen LogP contribution in [0.4, 0.5) is 0 Å². The van der Waals surface area contributed by atoms with E-state index in [0.29, 0.717) is 17.7 Å². The maximum absolute atomic E-state index is 11.2. The first kappa shape index (κ1) is 11.3. The minimum absolute atomic E-state index is 0.0704. The van der Waals surface area contributed by atoms with Gasteiger partial charge in [0.2, 0.25) is 5.88 Å². The van der Waals surface area contributed by atoms with Crippen LogP contribution >= 0.6 is 0 Å². The minimum atomic E-state index is -0.456. The molecule has 0 bridgehead atoms. The van der Waals surface area contributed by atoms with Crippen molar-refractivity contribution in [1.29, 1.82) is 0 Å². The van der Waals surface area contributed by atoms with E-state index in [1.54, 1.807) is 12.1 Å². The molecule has 0 saturated heterocycles. The van der Waals surface area contributed by atoms with Crippen molar-refractivity contribution >= 4 is 23.0 Å². The lowest BCUT2D eigenvalue weighted by atomic mass is 10.1. The number of fused-ring (bicyclic) bond motifs is 1. The summed E-state index contributed by atoms with van der Waals surface area (Å²) in [6.07, 6.45) is 0.403. The van der Waals surface area contributed by atoms with E-state index in [4.69, 9.17) is 4.74 Å². The fourth-order valence-electron chi connectivity index (χ4n) is 1.68. The predicted molar refractivity (Wildman–Crippen MR) is 63.1 cm³/mol. The third-order valence-electron chi connectivity index (χ3n) is 2.48. The molecule has 0 unspecified atom stereocenters. The van der Waals surface area contributed by atoms with Gasteiger partial charge in [-0.1, -0.05) is 18.2 Å². The zero-order valence-electron chi connectivity index (χ0n) is 9.34. The highest BCUT2D eigenvalue weighted by molar-refractivity contribution is 6.25. The van der Waals surface area contributed by atoms with Gasteiger partial charge in [0.25, 0.3) is 0 Å². The van der Waals surface area contributed by atoms with Crippen LogP contribution in [-0.4, -0.2) is 24.2 Å². The SMILES string of the molecule is COc1ccc2cccc(CC(=O)C=O)c2n1. The number of carbonyl (C=O) groups excluding carboxylic acids is 2. The van der Waals surface area contributed by atoms with Crippen LogP contribution in [0.2, 0.25) is 0 Å². The van der Waals surface area contributed by atoms with Crippen LogP contribution in [0.15, 0.2) is 30.3 Å². The number of hydrogen-bond acceptors (Lipinski definition) is 4. The number of aromatic nitrogens is 1. The van der Waals surface area contributed by atoms with E-state index in [-0.39, 0.29) is 6.42 Å². The van der Waals surface area contributed by atoms with Gasteiger partial charge in [-0.3, -0.25) is 9.59 Å². The lowest BCUT2D eigenvalue weighted by molar-refractivity contribution is -0.129. The fraction of sp³-hybridized carbons (Fsp3) is 0.154. The van der Waals surface area contributed by atoms with Crippen molar-refractivity contribution in [2.45, 2.75) is 6.42 Å². The van der Waals surface area contributed by atoms with E-state index in [1.807, 2.05) is 18.2 Å². The van der Waals surface area contributed by atoms with E-state index < -0.39 is 5.78 Å². The Morgan fingerprint density at radius 1 is 1.35 bits per heavy atom. The Hall–Kier alpha value is -2.23. The molecule has 2 rings (SSSR count). The number of ketones is 1. The summed E-state index contributed by atoms with van der Waals surface area (Å²) < 4.78 is 5.04. The largest absolute Gasteiger partial charge is 0.481 e. The summed E-state index contributed by atoms with van der Waals surface area (Å²) in [6.45, 7) is 0. The first-order valence-electron chi connectivity index (χ1n) is 5.15. The van der Waals surface area contributed by atoms with Gasteiger partial charge in [-0.05, 0) is 11.6 Å². The number of benzene rings is 1. The normalized spacial score (nSPS) is 10.2. The predicted octanol–water partition coefficient (Wildman–Crippen LogP) is 1.55. The van der Waals surface area contributed by atoms with E-state index in [2.05, 4.69) is 4.98 Å². The van der Waals surface area contributed by atoms with Crippen molar-refractivity contribution in [1.82, 2.24) is 4.98 Å². The van der Waals surface area contributed by atoms with Gasteiger partial charge >= 0.3 is 0 Å². The summed E-state index contributed by atoms with van der Waals surface area (Å²) in [4.78, 5) is 25.8. The first-order valence-corrected chi connectivity index (χ1v) is 5.15. The number of para-hydroxylation sites is 1. The molecule has 0 aliphatic heterocycles. The molecule has 1 aromatic heterocycles. The fourth-order valence-corrected chi connectivity index (χ4v) is 1.68. The van der Waals surface area contributed by atoms with Gasteiger partial charge in [0.05, 0.1) is 12.6 Å². The third-order valence-corrected chi connectivity index (χ3v) is 2.48. The monoisotopic (exact) mass is 229 g/mol. The number of Topliss-reactive ketones (excluding diaryl/α,β-unsaturated/α-hetero) is 1. The lowest BCUT2D eigenvalue weighted by Gasteiger charge is -2.05. The molecule has 0 amide bonds. The van der Waals surface area contributed by atoms with Gasteiger partial charge < -0.3 is 4.74 Å². The Morgan fingerprint density at radius 3 is 2.88 bits per heavy atom. The zero-order chi connectivity index (χ0) is 12.3. The maximum atomic E-state index is 11.2. The van der Waals surface area contributed by atoms with E-state index in [1.165, 1.54) is 7.11 Å². The standard InChI is InChI=1S/C13H11NO3/c1-17-12-6-5-9-3-2-4-10(13(9)14-12)7-11(16)8-15/h2-6,8H,7H2,1H3. The third kappa shape index (κ3) is 2.30. The Morgan fingerprint density at radius 2 is 2.18 bits per heavy atom. The molecule has 1 aromatic carbocycles. The van der Waals surface area contributed by atoms with Crippen LogP contribution < -0.4 is 4.74 Å². The molecule has 0 radical (unpaired) electrons. The Balaban J connectivity index is 2.54. The van der Waals surface area contributed by atoms with Gasteiger partial charge in [-0.15, -0.1) is 0 Å². The van der Waals surface area contributed by atoms with Crippen molar-refractivity contribution in [3.8, 4) is 5.88 Å². The van der Waals surface area contributed by atoms with Crippen molar-refractivity contribution in [3.63, 3.8) is 0 Å². The second kappa shape index (κ2) is 4.74. The van der Waals surface area contributed by atoms with Gasteiger partial charge in [-0.2, -0.15) is 0 Å². The van der Waals surface area contributed by atoms with Crippen LogP contribution in [0.25, 0.3) is 10.9 Å². The summed E-state index contributed by atoms with van der Waals surface area (Å²) in [5, 5.41) is 0.919. The van der Waals surface area contributed by atoms with Crippen molar-refractivity contribution in [2.75, 3.05) is 7.11 Å². The summed E-state index contributed by atoms with van der Waals surface area (Å²) in [7, 11) is 1.54. The number of ether oxygens (including phenoxy) is 1. The molecule has 1 heterocycles. The molecule has 0 fully saturated rings. The maximum Gasteiger partial charge on any atom is 0.213 e. The number of aldehydes is 1. The van der Waals surface area contributed by atoms with Gasteiger partial charge in [0, 0.05) is 17.9 Å². The number of pyridine rings is 1. The smallest absolute Gasteiger partial charge is 0.213 e. The number of hydrogen-bond donors (Lipinski definition) is 0. The van der Waals surface area contributed by atoms with Gasteiger partial charge in [-0.25, -0.2) is 4.98 Å². The molecule has 4 nitrogen and oxygen atoms in total. The Bertz CT molecular complexity index is 578. The van der Waals surface area contributed by atoms with Crippen molar-refractivity contribution < 1.29 is 14.3 Å². The number of nitrogens with zero attached hydrogens (tertiary/aromatic N) is 1. The highest BCUT2D eigenvalue weighted by Gasteiger charge is 2.08. The average molecular weight is 229 g/mol. The molecule has 0 spiro atoms. The number of rotatable bonds is 4. The lowest BCUT2D eigenvalue weighted by Crippen LogP contribution is -2.04. The van der Waals surface area contributed by atoms with E-state index in [9.17, 15) is 9.59 Å². The molecule has 2 aromatic rings. The molecule has 86 valence electrons. The topological polar surface area (TPSA) is 56.3 Å². The number of methoxy groups -OCH3 is 1. The number of carbonyl (C=O) groups is 2. The van der Waals surface area contributed by atoms with Crippen molar-refractivity contribution in [3.05, 3.63) is 35.9 Å². The van der Waals surface area contributed by atoms with Crippen molar-refractivity contribution in [2.24, 2.45) is 0 Å². The van der Waals surface area contributed by atoms with E-state index in [0.717, 1.165) is 10.9 Å². The van der Waals surface area contributed by atoms with Crippen LogP contribution in [-0.2, 0) is 16.0 Å². The molecule has 17 heavy (non-hydrogen) atoms. The Labute approximate surface area is 98.2 Å². The minimum Gasteiger partial charge on any atom is -0.481 e. The molecule has 0 aliphatic carbocycles. The summed E-state index contributed by atoms with van der Waals surface area (Å²) >= 11 is 0.